The van der Waals surface area contributed by atoms with Crippen LogP contribution in [0.1, 0.15) is 25.8 Å². The van der Waals surface area contributed by atoms with E-state index in [1.165, 1.54) is 6.08 Å². The molecule has 4 heteroatoms. The molecular weight excluding hydrogens is 276 g/mol. The maximum Gasteiger partial charge on any atom is 0.244 e. The number of hydrogen-bond acceptors (Lipinski definition) is 2. The summed E-state index contributed by atoms with van der Waals surface area (Å²) in [5.74, 6) is 0.230. The zero-order chi connectivity index (χ0) is 16.1. The number of fused-ring (bicyclic) bond motifs is 1. The van der Waals surface area contributed by atoms with E-state index in [9.17, 15) is 9.90 Å². The van der Waals surface area contributed by atoms with Crippen molar-refractivity contribution < 1.29 is 9.90 Å². The summed E-state index contributed by atoms with van der Waals surface area (Å²) in [6, 6.07) is 8.08. The zero-order valence-electron chi connectivity index (χ0n) is 13.4. The number of aromatic nitrogens is 1. The van der Waals surface area contributed by atoms with E-state index in [1.54, 1.807) is 0 Å². The molecule has 22 heavy (non-hydrogen) atoms. The number of aliphatic hydroxyl groups excluding tert-OH is 1. The van der Waals surface area contributed by atoms with Crippen LogP contribution in [0.15, 0.2) is 36.5 Å². The van der Waals surface area contributed by atoms with Gasteiger partial charge < -0.3 is 15.0 Å². The van der Waals surface area contributed by atoms with Crippen LogP contribution >= 0.6 is 0 Å². The van der Waals surface area contributed by atoms with Crippen molar-refractivity contribution in [3.63, 3.8) is 0 Å². The van der Waals surface area contributed by atoms with E-state index in [0.717, 1.165) is 16.5 Å². The van der Waals surface area contributed by atoms with Crippen molar-refractivity contribution in [1.29, 1.82) is 0 Å². The van der Waals surface area contributed by atoms with Gasteiger partial charge in [-0.15, -0.1) is 0 Å². The topological polar surface area (TPSA) is 54.3 Å². The zero-order valence-corrected chi connectivity index (χ0v) is 13.4. The Morgan fingerprint density at radius 2 is 2.09 bits per heavy atom. The maximum atomic E-state index is 11.8. The maximum absolute atomic E-state index is 11.8. The summed E-state index contributed by atoms with van der Waals surface area (Å²) in [6.45, 7) is 4.38. The lowest BCUT2D eigenvalue weighted by Crippen LogP contribution is -2.31. The van der Waals surface area contributed by atoms with Gasteiger partial charge in [0, 0.05) is 42.3 Å². The lowest BCUT2D eigenvalue weighted by molar-refractivity contribution is -0.116. The largest absolute Gasteiger partial charge is 0.391 e. The molecule has 0 radical (unpaired) electrons. The average Bonchev–Trinajstić information content (AvgIpc) is 2.79. The third-order valence-electron chi connectivity index (χ3n) is 3.60. The summed E-state index contributed by atoms with van der Waals surface area (Å²) in [4.78, 5) is 11.8. The predicted molar refractivity (Wildman–Crippen MR) is 90.4 cm³/mol. The summed E-state index contributed by atoms with van der Waals surface area (Å²) in [6.07, 6.45) is 5.53. The van der Waals surface area contributed by atoms with Crippen molar-refractivity contribution in [2.45, 2.75) is 26.4 Å². The van der Waals surface area contributed by atoms with E-state index in [4.69, 9.17) is 0 Å². The molecule has 1 unspecified atom stereocenters. The number of amides is 1. The first-order valence-corrected chi connectivity index (χ1v) is 7.65. The van der Waals surface area contributed by atoms with Gasteiger partial charge in [-0.3, -0.25) is 4.79 Å². The third kappa shape index (κ3) is 4.21. The molecule has 2 rings (SSSR count). The van der Waals surface area contributed by atoms with Crippen LogP contribution in [0.2, 0.25) is 0 Å². The fourth-order valence-corrected chi connectivity index (χ4v) is 2.58. The minimum Gasteiger partial charge on any atom is -0.391 e. The summed E-state index contributed by atoms with van der Waals surface area (Å²) >= 11 is 0. The van der Waals surface area contributed by atoms with Crippen molar-refractivity contribution in [1.82, 2.24) is 9.88 Å². The highest BCUT2D eigenvalue weighted by Crippen LogP contribution is 2.21. The highest BCUT2D eigenvalue weighted by atomic mass is 16.3. The van der Waals surface area contributed by atoms with E-state index in [1.807, 2.05) is 55.9 Å². The molecule has 1 aromatic heterocycles. The number of carbonyl (C=O) groups is 1. The monoisotopic (exact) mass is 300 g/mol. The Kier molecular flexibility index (Phi) is 5.39. The van der Waals surface area contributed by atoms with Gasteiger partial charge in [-0.25, -0.2) is 0 Å². The van der Waals surface area contributed by atoms with E-state index in [-0.39, 0.29) is 12.5 Å². The summed E-state index contributed by atoms with van der Waals surface area (Å²) in [7, 11) is 1.99. The second kappa shape index (κ2) is 7.27. The fourth-order valence-electron chi connectivity index (χ4n) is 2.58. The lowest BCUT2D eigenvalue weighted by atomic mass is 10.1. The lowest BCUT2D eigenvalue weighted by Gasteiger charge is -2.12. The molecule has 4 nitrogen and oxygen atoms in total. The second-order valence-corrected chi connectivity index (χ2v) is 6.07. The van der Waals surface area contributed by atoms with Gasteiger partial charge in [-0.1, -0.05) is 32.0 Å². The number of aliphatic hydroxyl groups is 1. The molecule has 2 aromatic rings. The van der Waals surface area contributed by atoms with Gasteiger partial charge >= 0.3 is 0 Å². The molecule has 0 aliphatic rings. The number of aryl methyl sites for hydroxylation is 1. The van der Waals surface area contributed by atoms with Crippen LogP contribution in [-0.2, 0) is 11.8 Å². The molecule has 0 saturated heterocycles. The first-order valence-electron chi connectivity index (χ1n) is 7.65. The second-order valence-electron chi connectivity index (χ2n) is 6.07. The molecule has 0 saturated carbocycles. The van der Waals surface area contributed by atoms with Crippen molar-refractivity contribution >= 4 is 22.9 Å². The van der Waals surface area contributed by atoms with Gasteiger partial charge in [0.2, 0.25) is 5.91 Å². The molecule has 0 spiro atoms. The predicted octanol–water partition coefficient (Wildman–Crippen LogP) is 2.71. The molecule has 2 N–H and O–H groups in total. The van der Waals surface area contributed by atoms with Crippen molar-refractivity contribution in [3.05, 3.63) is 42.1 Å². The van der Waals surface area contributed by atoms with Crippen LogP contribution in [0.25, 0.3) is 17.0 Å². The standard InChI is InChI=1S/C18H24N2O2/c1-13(2)10-15(21)11-19-18(22)9-8-14-12-20(3)17-7-5-4-6-16(14)17/h4-9,12-13,15,21H,10-11H2,1-3H3,(H,19,22)/b9-8+. The Hall–Kier alpha value is -2.07. The van der Waals surface area contributed by atoms with Gasteiger partial charge in [-0.05, 0) is 24.5 Å². The quantitative estimate of drug-likeness (QED) is 0.806. The van der Waals surface area contributed by atoms with E-state index in [2.05, 4.69) is 11.4 Å². The minimum atomic E-state index is -0.491. The highest BCUT2D eigenvalue weighted by Gasteiger charge is 2.08. The van der Waals surface area contributed by atoms with Crippen LogP contribution < -0.4 is 5.32 Å². The van der Waals surface area contributed by atoms with Crippen LogP contribution in [0, 0.1) is 5.92 Å². The van der Waals surface area contributed by atoms with E-state index < -0.39 is 6.10 Å². The Morgan fingerprint density at radius 3 is 2.82 bits per heavy atom. The van der Waals surface area contributed by atoms with Crippen molar-refractivity contribution in [3.8, 4) is 0 Å². The summed E-state index contributed by atoms with van der Waals surface area (Å²) < 4.78 is 2.04. The Morgan fingerprint density at radius 1 is 1.36 bits per heavy atom. The Labute approximate surface area is 131 Å². The number of rotatable bonds is 6. The van der Waals surface area contributed by atoms with Gasteiger partial charge in [0.25, 0.3) is 0 Å². The average molecular weight is 300 g/mol. The molecule has 0 fully saturated rings. The fraction of sp³-hybridized carbons (Fsp3) is 0.389. The molecule has 0 aliphatic carbocycles. The highest BCUT2D eigenvalue weighted by molar-refractivity contribution is 5.96. The van der Waals surface area contributed by atoms with Gasteiger partial charge in [0.05, 0.1) is 6.10 Å². The normalized spacial score (nSPS) is 13.1. The molecule has 0 bridgehead atoms. The third-order valence-corrected chi connectivity index (χ3v) is 3.60. The van der Waals surface area contributed by atoms with E-state index >= 15 is 0 Å². The summed E-state index contributed by atoms with van der Waals surface area (Å²) in [5.41, 5.74) is 2.14. The number of hydrogen-bond donors (Lipinski definition) is 2. The number of benzene rings is 1. The van der Waals surface area contributed by atoms with Crippen molar-refractivity contribution in [2.75, 3.05) is 6.54 Å². The first kappa shape index (κ1) is 16.3. The number of nitrogens with zero attached hydrogens (tertiary/aromatic N) is 1. The molecule has 0 aliphatic heterocycles. The van der Waals surface area contributed by atoms with Gasteiger partial charge in [0.1, 0.15) is 0 Å². The smallest absolute Gasteiger partial charge is 0.244 e. The Balaban J connectivity index is 1.97. The molecule has 1 atom stereocenters. The van der Waals surface area contributed by atoms with Gasteiger partial charge in [0.15, 0.2) is 0 Å². The number of carbonyl (C=O) groups excluding carboxylic acids is 1. The molecule has 1 heterocycles. The molecule has 1 aromatic carbocycles. The van der Waals surface area contributed by atoms with Crippen molar-refractivity contribution in [2.24, 2.45) is 13.0 Å². The van der Waals surface area contributed by atoms with Gasteiger partial charge in [-0.2, -0.15) is 0 Å². The minimum absolute atomic E-state index is 0.184. The number of para-hydroxylation sites is 1. The molecule has 1 amide bonds. The SMILES string of the molecule is CC(C)CC(O)CNC(=O)/C=C/c1cn(C)c2ccccc12. The Bertz CT molecular complexity index is 671. The van der Waals surface area contributed by atoms with E-state index in [0.29, 0.717) is 12.3 Å². The molecule has 118 valence electrons. The summed E-state index contributed by atoms with van der Waals surface area (Å²) in [5, 5.41) is 13.6. The number of nitrogens with one attached hydrogen (secondary N) is 1. The van der Waals surface area contributed by atoms with Crippen LogP contribution in [0.3, 0.4) is 0 Å². The molecular formula is C18H24N2O2. The first-order chi connectivity index (χ1) is 10.5. The van der Waals surface area contributed by atoms with Crippen LogP contribution in [0.4, 0.5) is 0 Å². The van der Waals surface area contributed by atoms with Crippen LogP contribution in [0.5, 0.6) is 0 Å². The van der Waals surface area contributed by atoms with Crippen LogP contribution in [-0.4, -0.2) is 28.2 Å².